The van der Waals surface area contributed by atoms with E-state index >= 15 is 0 Å². The first kappa shape index (κ1) is 11.0. The Morgan fingerprint density at radius 1 is 1.38 bits per heavy atom. The van der Waals surface area contributed by atoms with E-state index in [-0.39, 0.29) is 12.4 Å². The Labute approximate surface area is 90.0 Å². The molecular weight excluding hydrogens is 202 g/mol. The maximum Gasteiger partial charge on any atom is 0.0194 e. The van der Waals surface area contributed by atoms with Gasteiger partial charge in [0.1, 0.15) is 0 Å². The summed E-state index contributed by atoms with van der Waals surface area (Å²) in [6, 6.07) is 0. The number of thiophene rings is 1. The molecule has 1 aromatic heterocycles. The van der Waals surface area contributed by atoms with Gasteiger partial charge in [0.05, 0.1) is 0 Å². The average molecular weight is 218 g/mol. The van der Waals surface area contributed by atoms with Crippen LogP contribution in [-0.4, -0.2) is 12.6 Å². The van der Waals surface area contributed by atoms with E-state index in [2.05, 4.69) is 30.0 Å². The summed E-state index contributed by atoms with van der Waals surface area (Å²) in [4.78, 5) is 0. The van der Waals surface area contributed by atoms with Crippen molar-refractivity contribution in [2.75, 3.05) is 7.05 Å². The van der Waals surface area contributed by atoms with Gasteiger partial charge in [-0.15, -0.1) is 12.4 Å². The van der Waals surface area contributed by atoms with Crippen LogP contribution in [-0.2, 0) is 12.8 Å². The molecule has 0 radical (unpaired) electrons. The lowest BCUT2D eigenvalue weighted by Gasteiger charge is -2.33. The van der Waals surface area contributed by atoms with Crippen molar-refractivity contribution in [1.82, 2.24) is 5.32 Å². The molecule has 0 aromatic carbocycles. The Morgan fingerprint density at radius 2 is 2.08 bits per heavy atom. The molecule has 1 atom stereocenters. The lowest BCUT2D eigenvalue weighted by molar-refractivity contribution is 0.339. The second-order valence-electron chi connectivity index (χ2n) is 3.91. The minimum atomic E-state index is 0. The molecule has 1 N–H and O–H groups in total. The molecule has 1 aliphatic rings. The number of aryl methyl sites for hydroxylation is 1. The number of nitrogens with one attached hydrogen (secondary N) is 1. The molecule has 13 heavy (non-hydrogen) atoms. The van der Waals surface area contributed by atoms with E-state index in [1.165, 1.54) is 19.3 Å². The fourth-order valence-electron chi connectivity index (χ4n) is 1.86. The molecule has 2 rings (SSSR count). The molecule has 1 aromatic rings. The van der Waals surface area contributed by atoms with Gasteiger partial charge in [0.15, 0.2) is 0 Å². The van der Waals surface area contributed by atoms with Gasteiger partial charge in [-0.3, -0.25) is 0 Å². The second kappa shape index (κ2) is 3.99. The van der Waals surface area contributed by atoms with Crippen molar-refractivity contribution in [3.63, 3.8) is 0 Å². The van der Waals surface area contributed by atoms with Gasteiger partial charge in [-0.1, -0.05) is 0 Å². The predicted octanol–water partition coefficient (Wildman–Crippen LogP) is 2.64. The molecule has 0 amide bonds. The topological polar surface area (TPSA) is 12.0 Å². The van der Waals surface area contributed by atoms with Gasteiger partial charge >= 0.3 is 0 Å². The molecule has 1 aliphatic carbocycles. The SMILES string of the molecule is CNC1(C)CCc2cscc2C1.Cl. The van der Waals surface area contributed by atoms with Crippen LogP contribution in [0.1, 0.15) is 24.5 Å². The van der Waals surface area contributed by atoms with Crippen molar-refractivity contribution >= 4 is 23.7 Å². The van der Waals surface area contributed by atoms with Gasteiger partial charge in [-0.2, -0.15) is 11.3 Å². The minimum absolute atomic E-state index is 0. The van der Waals surface area contributed by atoms with E-state index in [0.717, 1.165) is 0 Å². The summed E-state index contributed by atoms with van der Waals surface area (Å²) in [5, 5.41) is 8.01. The molecule has 0 saturated heterocycles. The van der Waals surface area contributed by atoms with E-state index in [1.54, 1.807) is 11.1 Å². The van der Waals surface area contributed by atoms with E-state index < -0.39 is 0 Å². The van der Waals surface area contributed by atoms with Gasteiger partial charge < -0.3 is 5.32 Å². The number of likely N-dealkylation sites (N-methyl/N-ethyl adjacent to an activating group) is 1. The third kappa shape index (κ3) is 2.06. The van der Waals surface area contributed by atoms with Crippen molar-refractivity contribution in [3.8, 4) is 0 Å². The highest BCUT2D eigenvalue weighted by Gasteiger charge is 2.28. The van der Waals surface area contributed by atoms with Crippen LogP contribution in [0.2, 0.25) is 0 Å². The Balaban J connectivity index is 0.000000845. The van der Waals surface area contributed by atoms with Crippen molar-refractivity contribution in [2.45, 2.75) is 31.7 Å². The summed E-state index contributed by atoms with van der Waals surface area (Å²) < 4.78 is 0. The van der Waals surface area contributed by atoms with E-state index in [0.29, 0.717) is 5.54 Å². The maximum atomic E-state index is 3.42. The molecule has 74 valence electrons. The van der Waals surface area contributed by atoms with Gasteiger partial charge in [0.2, 0.25) is 0 Å². The van der Waals surface area contributed by atoms with Crippen molar-refractivity contribution in [1.29, 1.82) is 0 Å². The zero-order valence-corrected chi connectivity index (χ0v) is 9.73. The third-order valence-electron chi connectivity index (χ3n) is 2.96. The highest BCUT2D eigenvalue weighted by atomic mass is 35.5. The van der Waals surface area contributed by atoms with Crippen LogP contribution < -0.4 is 5.32 Å². The third-order valence-corrected chi connectivity index (χ3v) is 3.80. The van der Waals surface area contributed by atoms with E-state index in [1.807, 2.05) is 11.3 Å². The molecule has 3 heteroatoms. The van der Waals surface area contributed by atoms with Gasteiger partial charge in [-0.05, 0) is 55.1 Å². The monoisotopic (exact) mass is 217 g/mol. The van der Waals surface area contributed by atoms with E-state index in [4.69, 9.17) is 0 Å². The predicted molar refractivity (Wildman–Crippen MR) is 61.1 cm³/mol. The van der Waals surface area contributed by atoms with E-state index in [9.17, 15) is 0 Å². The normalized spacial score (nSPS) is 26.3. The van der Waals surface area contributed by atoms with Crippen LogP contribution in [0.25, 0.3) is 0 Å². The van der Waals surface area contributed by atoms with Gasteiger partial charge in [0, 0.05) is 5.54 Å². The maximum absolute atomic E-state index is 3.42. The summed E-state index contributed by atoms with van der Waals surface area (Å²) in [6.45, 7) is 2.31. The van der Waals surface area contributed by atoms with Crippen LogP contribution in [0.4, 0.5) is 0 Å². The molecule has 0 spiro atoms. The zero-order chi connectivity index (χ0) is 8.60. The summed E-state index contributed by atoms with van der Waals surface area (Å²) in [6.07, 6.45) is 3.71. The number of rotatable bonds is 1. The van der Waals surface area contributed by atoms with Crippen LogP contribution >= 0.6 is 23.7 Å². The first-order chi connectivity index (χ1) is 5.73. The average Bonchev–Trinajstić information content (AvgIpc) is 2.51. The quantitative estimate of drug-likeness (QED) is 0.763. The Morgan fingerprint density at radius 3 is 2.77 bits per heavy atom. The Kier molecular flexibility index (Phi) is 3.38. The highest BCUT2D eigenvalue weighted by Crippen LogP contribution is 2.30. The Bertz CT molecular complexity index is 284. The van der Waals surface area contributed by atoms with Crippen LogP contribution in [0, 0.1) is 0 Å². The Hall–Kier alpha value is -0.0500. The fourth-order valence-corrected chi connectivity index (χ4v) is 2.76. The summed E-state index contributed by atoms with van der Waals surface area (Å²) in [7, 11) is 2.07. The number of hydrogen-bond acceptors (Lipinski definition) is 2. The lowest BCUT2D eigenvalue weighted by atomic mass is 9.81. The standard InChI is InChI=1S/C10H15NS.ClH/c1-10(11-2)4-3-8-6-12-7-9(8)5-10;/h6-7,11H,3-5H2,1-2H3;1H. The molecule has 1 nitrogen and oxygen atoms in total. The molecule has 0 bridgehead atoms. The smallest absolute Gasteiger partial charge is 0.0194 e. The molecular formula is C10H16ClNS. The van der Waals surface area contributed by atoms with Crippen molar-refractivity contribution < 1.29 is 0 Å². The van der Waals surface area contributed by atoms with Gasteiger partial charge in [-0.25, -0.2) is 0 Å². The van der Waals surface area contributed by atoms with Crippen LogP contribution in [0.3, 0.4) is 0 Å². The fraction of sp³-hybridized carbons (Fsp3) is 0.600. The minimum Gasteiger partial charge on any atom is -0.314 e. The summed E-state index contributed by atoms with van der Waals surface area (Å²) in [5.74, 6) is 0. The van der Waals surface area contributed by atoms with Crippen LogP contribution in [0.5, 0.6) is 0 Å². The molecule has 1 unspecified atom stereocenters. The first-order valence-electron chi connectivity index (χ1n) is 4.46. The van der Waals surface area contributed by atoms with Crippen LogP contribution in [0.15, 0.2) is 10.8 Å². The zero-order valence-electron chi connectivity index (χ0n) is 8.09. The molecule has 0 fully saturated rings. The van der Waals surface area contributed by atoms with Crippen molar-refractivity contribution in [2.24, 2.45) is 0 Å². The number of halogens is 1. The molecule has 0 aliphatic heterocycles. The summed E-state index contributed by atoms with van der Waals surface area (Å²) >= 11 is 1.84. The molecule has 0 saturated carbocycles. The first-order valence-corrected chi connectivity index (χ1v) is 5.41. The number of hydrogen-bond donors (Lipinski definition) is 1. The van der Waals surface area contributed by atoms with Gasteiger partial charge in [0.25, 0.3) is 0 Å². The lowest BCUT2D eigenvalue weighted by Crippen LogP contribution is -2.44. The second-order valence-corrected chi connectivity index (χ2v) is 4.65. The van der Waals surface area contributed by atoms with Crippen molar-refractivity contribution in [3.05, 3.63) is 21.9 Å². The highest BCUT2D eigenvalue weighted by molar-refractivity contribution is 7.08. The largest absolute Gasteiger partial charge is 0.314 e. The summed E-state index contributed by atoms with van der Waals surface area (Å²) in [5.41, 5.74) is 3.48. The molecule has 1 heterocycles. The number of fused-ring (bicyclic) bond motifs is 1.